The third kappa shape index (κ3) is 5.10. The highest BCUT2D eigenvalue weighted by molar-refractivity contribution is 7.86. The summed E-state index contributed by atoms with van der Waals surface area (Å²) in [6.45, 7) is 0. The van der Waals surface area contributed by atoms with Crippen LogP contribution < -0.4 is 15.0 Å². The number of fused-ring (bicyclic) bond motifs is 1. The largest absolute Gasteiger partial charge is 0.495 e. The zero-order chi connectivity index (χ0) is 24.5. The van der Waals surface area contributed by atoms with Crippen molar-refractivity contribution in [1.82, 2.24) is 9.72 Å². The standard InChI is InChI=1S/C22H17ClF3N3O4S/c1-32-19-11-13(6-8-22(24,25)26)16(23)12-18(19)29-17-4-3-15(10-14(17)2-5-21(29)30)34(31)28-20-7-9-33-27-20/h2-5,7,9-12H,6,8H2,1H3,(H,27,28). The number of rotatable bonds is 7. The molecule has 2 heterocycles. The molecule has 12 heteroatoms. The van der Waals surface area contributed by atoms with Gasteiger partial charge in [-0.2, -0.15) is 13.2 Å². The molecular weight excluding hydrogens is 495 g/mol. The average molecular weight is 512 g/mol. The van der Waals surface area contributed by atoms with Crippen LogP contribution in [0.1, 0.15) is 12.0 Å². The summed E-state index contributed by atoms with van der Waals surface area (Å²) in [5, 5.41) is 4.33. The molecule has 0 spiro atoms. The molecule has 0 amide bonds. The molecule has 0 fully saturated rings. The van der Waals surface area contributed by atoms with E-state index in [1.165, 1.54) is 42.2 Å². The molecule has 178 valence electrons. The van der Waals surface area contributed by atoms with Crippen LogP contribution >= 0.6 is 11.6 Å². The van der Waals surface area contributed by atoms with Crippen LogP contribution in [0.3, 0.4) is 0 Å². The van der Waals surface area contributed by atoms with E-state index in [1.807, 2.05) is 0 Å². The van der Waals surface area contributed by atoms with Crippen LogP contribution in [0.4, 0.5) is 19.0 Å². The minimum Gasteiger partial charge on any atom is -0.495 e. The molecule has 4 rings (SSSR count). The van der Waals surface area contributed by atoms with E-state index in [1.54, 1.807) is 24.3 Å². The Morgan fingerprint density at radius 1 is 1.18 bits per heavy atom. The number of pyridine rings is 1. The average Bonchev–Trinajstić information content (AvgIpc) is 3.30. The van der Waals surface area contributed by atoms with Gasteiger partial charge in [0.2, 0.25) is 0 Å². The second-order valence-corrected chi connectivity index (χ2v) is 8.83. The first kappa shape index (κ1) is 23.8. The van der Waals surface area contributed by atoms with Crippen LogP contribution in [0, 0.1) is 0 Å². The predicted octanol–water partition coefficient (Wildman–Crippen LogP) is 5.27. The summed E-state index contributed by atoms with van der Waals surface area (Å²) in [7, 11) is -0.291. The third-order valence-corrected chi connectivity index (χ3v) is 6.41. The molecule has 2 aromatic carbocycles. The second-order valence-electron chi connectivity index (χ2n) is 7.21. The normalized spacial score (nSPS) is 12.6. The van der Waals surface area contributed by atoms with Gasteiger partial charge in [0, 0.05) is 29.0 Å². The third-order valence-electron chi connectivity index (χ3n) is 4.98. The van der Waals surface area contributed by atoms with E-state index in [0.717, 1.165) is 0 Å². The molecule has 0 saturated carbocycles. The van der Waals surface area contributed by atoms with Gasteiger partial charge in [-0.05, 0) is 48.4 Å². The number of benzene rings is 2. The lowest BCUT2D eigenvalue weighted by molar-refractivity contribution is -0.133. The highest BCUT2D eigenvalue weighted by atomic mass is 35.5. The Kier molecular flexibility index (Phi) is 6.67. The maximum atomic E-state index is 12.8. The molecule has 1 unspecified atom stereocenters. The smallest absolute Gasteiger partial charge is 0.389 e. The Balaban J connectivity index is 1.76. The number of aryl methyl sites for hydroxylation is 1. The number of alkyl halides is 3. The molecule has 1 atom stereocenters. The Labute approximate surface area is 198 Å². The molecule has 4 aromatic rings. The molecule has 0 saturated heterocycles. The first-order valence-corrected chi connectivity index (χ1v) is 11.4. The number of halogens is 4. The summed E-state index contributed by atoms with van der Waals surface area (Å²) in [6, 6.07) is 12.1. The minimum atomic E-state index is -4.33. The number of methoxy groups -OCH3 is 1. The molecule has 1 N–H and O–H groups in total. The highest BCUT2D eigenvalue weighted by Gasteiger charge is 2.27. The van der Waals surface area contributed by atoms with Crippen molar-refractivity contribution in [1.29, 1.82) is 0 Å². The summed E-state index contributed by atoms with van der Waals surface area (Å²) < 4.78 is 64.7. The van der Waals surface area contributed by atoms with Gasteiger partial charge in [-0.15, -0.1) is 0 Å². The fourth-order valence-corrected chi connectivity index (χ4v) is 4.49. The lowest BCUT2D eigenvalue weighted by atomic mass is 10.1. The van der Waals surface area contributed by atoms with Gasteiger partial charge >= 0.3 is 6.18 Å². The Morgan fingerprint density at radius 2 is 1.97 bits per heavy atom. The van der Waals surface area contributed by atoms with Crippen molar-refractivity contribution in [2.24, 2.45) is 0 Å². The maximum Gasteiger partial charge on any atom is 0.389 e. The Bertz CT molecular complexity index is 1420. The number of nitrogens with zero attached hydrogens (tertiary/aromatic N) is 2. The number of hydrogen-bond acceptors (Lipinski definition) is 5. The van der Waals surface area contributed by atoms with Crippen molar-refractivity contribution in [2.45, 2.75) is 23.9 Å². The molecule has 0 bridgehead atoms. The summed E-state index contributed by atoms with van der Waals surface area (Å²) in [5.41, 5.74) is 0.588. The molecule has 34 heavy (non-hydrogen) atoms. The van der Waals surface area contributed by atoms with Gasteiger partial charge in [-0.3, -0.25) is 14.1 Å². The summed E-state index contributed by atoms with van der Waals surface area (Å²) in [5.74, 6) is 0.491. The lowest BCUT2D eigenvalue weighted by Gasteiger charge is -2.17. The van der Waals surface area contributed by atoms with Gasteiger partial charge in [0.25, 0.3) is 5.56 Å². The number of anilines is 1. The van der Waals surface area contributed by atoms with E-state index < -0.39 is 29.1 Å². The van der Waals surface area contributed by atoms with Gasteiger partial charge in [-0.25, -0.2) is 4.21 Å². The quantitative estimate of drug-likeness (QED) is 0.365. The summed E-state index contributed by atoms with van der Waals surface area (Å²) in [4.78, 5) is 13.2. The van der Waals surface area contributed by atoms with Gasteiger partial charge in [0.1, 0.15) is 12.0 Å². The summed E-state index contributed by atoms with van der Waals surface area (Å²) in [6.07, 6.45) is -4.35. The molecule has 0 aliphatic heterocycles. The number of aromatic nitrogens is 2. The topological polar surface area (TPSA) is 86.4 Å². The molecule has 2 aromatic heterocycles. The number of nitrogens with one attached hydrogen (secondary N) is 1. The van der Waals surface area contributed by atoms with Crippen LogP contribution in [0.5, 0.6) is 5.75 Å². The zero-order valence-corrected chi connectivity index (χ0v) is 19.1. The van der Waals surface area contributed by atoms with Crippen molar-refractivity contribution in [3.63, 3.8) is 0 Å². The number of ether oxygens (including phenoxy) is 1. The zero-order valence-electron chi connectivity index (χ0n) is 17.6. The first-order chi connectivity index (χ1) is 16.2. The maximum absolute atomic E-state index is 12.8. The van der Waals surface area contributed by atoms with Gasteiger partial charge < -0.3 is 9.26 Å². The van der Waals surface area contributed by atoms with Crippen molar-refractivity contribution in [2.75, 3.05) is 11.8 Å². The lowest BCUT2D eigenvalue weighted by Crippen LogP contribution is -2.18. The Hall–Kier alpha value is -3.31. The van der Waals surface area contributed by atoms with Crippen LogP contribution in [0.25, 0.3) is 16.6 Å². The first-order valence-electron chi connectivity index (χ1n) is 9.84. The molecular formula is C22H17ClF3N3O4S. The van der Waals surface area contributed by atoms with Gasteiger partial charge in [0.15, 0.2) is 16.8 Å². The van der Waals surface area contributed by atoms with E-state index in [0.29, 0.717) is 21.6 Å². The second kappa shape index (κ2) is 9.51. The fourth-order valence-electron chi connectivity index (χ4n) is 3.40. The van der Waals surface area contributed by atoms with Crippen molar-refractivity contribution in [3.8, 4) is 11.4 Å². The number of hydrogen-bond donors (Lipinski definition) is 1. The van der Waals surface area contributed by atoms with E-state index in [9.17, 15) is 22.2 Å². The molecule has 0 aliphatic rings. The van der Waals surface area contributed by atoms with Crippen molar-refractivity contribution < 1.29 is 26.6 Å². The molecule has 0 radical (unpaired) electrons. The molecule has 7 nitrogen and oxygen atoms in total. The van der Waals surface area contributed by atoms with Crippen LogP contribution in [-0.2, 0) is 17.4 Å². The monoisotopic (exact) mass is 511 g/mol. The Morgan fingerprint density at radius 3 is 2.65 bits per heavy atom. The highest BCUT2D eigenvalue weighted by Crippen LogP contribution is 2.33. The van der Waals surface area contributed by atoms with E-state index in [-0.39, 0.29) is 28.4 Å². The summed E-state index contributed by atoms with van der Waals surface area (Å²) >= 11 is 6.27. The van der Waals surface area contributed by atoms with Crippen LogP contribution in [-0.4, -0.2) is 27.2 Å². The van der Waals surface area contributed by atoms with Crippen LogP contribution in [0.15, 0.2) is 69.0 Å². The van der Waals surface area contributed by atoms with Crippen molar-refractivity contribution in [3.05, 3.63) is 75.7 Å². The van der Waals surface area contributed by atoms with Crippen molar-refractivity contribution >= 4 is 39.3 Å². The van der Waals surface area contributed by atoms with E-state index in [2.05, 4.69) is 9.88 Å². The fraction of sp³-hybridized carbons (Fsp3) is 0.182. The van der Waals surface area contributed by atoms with E-state index in [4.69, 9.17) is 20.9 Å². The molecule has 0 aliphatic carbocycles. The predicted molar refractivity (Wildman–Crippen MR) is 122 cm³/mol. The van der Waals surface area contributed by atoms with Crippen LogP contribution in [0.2, 0.25) is 5.02 Å². The minimum absolute atomic E-state index is 0.0819. The van der Waals surface area contributed by atoms with Gasteiger partial charge in [0.05, 0.1) is 23.2 Å². The van der Waals surface area contributed by atoms with E-state index >= 15 is 0 Å². The SMILES string of the molecule is COc1cc(CCC(F)(F)F)c(Cl)cc1-n1c(=O)ccc2cc(S(=O)Nc3ccon3)ccc21. The van der Waals surface area contributed by atoms with Gasteiger partial charge in [-0.1, -0.05) is 16.8 Å².